The molecular formula is C47H60N2O15. The van der Waals surface area contributed by atoms with Gasteiger partial charge >= 0.3 is 30.0 Å². The van der Waals surface area contributed by atoms with Crippen LogP contribution in [0.1, 0.15) is 90.2 Å². The van der Waals surface area contributed by atoms with Crippen LogP contribution >= 0.6 is 0 Å². The molecule has 0 aromatic heterocycles. The van der Waals surface area contributed by atoms with Crippen LogP contribution in [0.15, 0.2) is 71.8 Å². The van der Waals surface area contributed by atoms with E-state index < -0.39 is 125 Å². The van der Waals surface area contributed by atoms with Crippen LogP contribution in [0, 0.1) is 16.7 Å². The molecule has 0 unspecified atom stereocenters. The summed E-state index contributed by atoms with van der Waals surface area (Å²) in [4.78, 5) is 84.3. The van der Waals surface area contributed by atoms with Gasteiger partial charge in [-0.2, -0.15) is 0 Å². The summed E-state index contributed by atoms with van der Waals surface area (Å²) in [5.41, 5.74) is -1.42. The monoisotopic (exact) mass is 892 g/mol. The number of carbonyl (C=O) groups excluding carboxylic acids is 6. The minimum Gasteiger partial charge on any atom is -0.455 e. The van der Waals surface area contributed by atoms with E-state index in [0.717, 1.165) is 0 Å². The highest BCUT2D eigenvalue weighted by Crippen LogP contribution is 2.64. The van der Waals surface area contributed by atoms with E-state index in [1.54, 1.807) is 97.0 Å². The third-order valence-electron chi connectivity index (χ3n) is 13.4. The molecule has 2 bridgehead atoms. The fourth-order valence-electron chi connectivity index (χ4n) is 10.4. The molecule has 4 aliphatic rings. The lowest BCUT2D eigenvalue weighted by molar-refractivity contribution is -0.347. The highest BCUT2D eigenvalue weighted by Gasteiger charge is 2.78. The number of nitrogens with one attached hydrogen (secondary N) is 1. The fraction of sp³-hybridized carbons (Fsp3) is 0.574. The minimum atomic E-state index is -2.28. The van der Waals surface area contributed by atoms with Crippen molar-refractivity contribution >= 4 is 35.8 Å². The molecule has 1 amide bonds. The number of Topliss-reactive ketones (excluding diaryl/α,β-unsaturated/α-hetero) is 1. The Labute approximate surface area is 372 Å². The van der Waals surface area contributed by atoms with Gasteiger partial charge in [-0.25, -0.2) is 14.4 Å². The second-order valence-corrected chi connectivity index (χ2v) is 18.7. The first-order chi connectivity index (χ1) is 30.0. The Morgan fingerprint density at radius 1 is 0.953 bits per heavy atom. The summed E-state index contributed by atoms with van der Waals surface area (Å²) in [6, 6.07) is 14.9. The molecule has 0 radical (unpaired) electrons. The lowest BCUT2D eigenvalue weighted by atomic mass is 9.44. The Morgan fingerprint density at radius 3 is 2.11 bits per heavy atom. The van der Waals surface area contributed by atoms with Crippen LogP contribution < -0.4 is 11.1 Å². The molecule has 348 valence electrons. The summed E-state index contributed by atoms with van der Waals surface area (Å²) in [5, 5.41) is 16.5. The number of ketones is 1. The van der Waals surface area contributed by atoms with Crippen molar-refractivity contribution in [3.8, 4) is 0 Å². The number of rotatable bonds is 12. The maximum Gasteiger partial charge on any atom is 0.408 e. The largest absolute Gasteiger partial charge is 0.455 e. The molecule has 1 saturated heterocycles. The summed E-state index contributed by atoms with van der Waals surface area (Å²) >= 11 is 0. The van der Waals surface area contributed by atoms with Gasteiger partial charge in [0.05, 0.1) is 36.2 Å². The number of amides is 1. The first-order valence-electron chi connectivity index (χ1n) is 21.3. The van der Waals surface area contributed by atoms with Crippen molar-refractivity contribution in [2.24, 2.45) is 22.5 Å². The van der Waals surface area contributed by atoms with Gasteiger partial charge in [-0.3, -0.25) is 14.4 Å². The van der Waals surface area contributed by atoms with Crippen LogP contribution in [-0.2, 0) is 57.1 Å². The number of benzene rings is 2. The Balaban J connectivity index is 1.56. The first kappa shape index (κ1) is 48.3. The summed E-state index contributed by atoms with van der Waals surface area (Å²) in [5.74, 6) is -5.63. The Kier molecular flexibility index (Phi) is 13.6. The van der Waals surface area contributed by atoms with Crippen molar-refractivity contribution in [2.75, 3.05) is 27.4 Å². The number of esters is 4. The summed E-state index contributed by atoms with van der Waals surface area (Å²) in [6.45, 7) is 11.9. The molecule has 4 N–H and O–H groups in total. The van der Waals surface area contributed by atoms with Crippen LogP contribution in [0.3, 0.4) is 0 Å². The lowest BCUT2D eigenvalue weighted by Gasteiger charge is -2.67. The van der Waals surface area contributed by atoms with Crippen molar-refractivity contribution in [3.05, 3.63) is 82.9 Å². The minimum absolute atomic E-state index is 0.0984. The predicted octanol–water partition coefficient (Wildman–Crippen LogP) is 4.08. The van der Waals surface area contributed by atoms with E-state index in [-0.39, 0.29) is 24.2 Å². The molecule has 11 atom stereocenters. The fourth-order valence-corrected chi connectivity index (χ4v) is 10.4. The van der Waals surface area contributed by atoms with Gasteiger partial charge in [0.15, 0.2) is 11.4 Å². The molecule has 64 heavy (non-hydrogen) atoms. The van der Waals surface area contributed by atoms with Crippen molar-refractivity contribution < 1.29 is 71.8 Å². The molecule has 2 aromatic carbocycles. The van der Waals surface area contributed by atoms with Crippen LogP contribution in [-0.4, -0.2) is 122 Å². The molecule has 1 heterocycles. The number of aliphatic hydroxyl groups is 1. The molecule has 2 saturated carbocycles. The molecule has 17 nitrogen and oxygen atoms in total. The maximum atomic E-state index is 15.7. The Hall–Kier alpha value is -5.20. The molecule has 0 spiro atoms. The van der Waals surface area contributed by atoms with Crippen LogP contribution in [0.4, 0.5) is 4.79 Å². The van der Waals surface area contributed by atoms with E-state index in [4.69, 9.17) is 43.6 Å². The number of ether oxygens (including phenoxy) is 8. The zero-order chi connectivity index (χ0) is 47.2. The smallest absolute Gasteiger partial charge is 0.408 e. The standard InChI is InChI=1S/C47H60N2O15/c1-25-29(60-41(54)36(61-32(51)23-48)34(27-17-13-11-14-18-27)49-42(55)64-43(3,4)5)22-47(56)39(62-40(53)28-19-15-12-16-20-28)37-45(8,38(52)35(58-10)33(25)44(47,6)7)30(57-9)21-31-46(37,24-59-31)63-26(2)50/h11-20,29-31,34-37,39,56H,21-24,48H2,1-10H3,(H,49,55)/t29-,30-,31+,34-,35+,36+,37-,39+,45+,46-,47+/m0/s1. The molecule has 17 heteroatoms. The molecule has 2 aromatic rings. The predicted molar refractivity (Wildman–Crippen MR) is 226 cm³/mol. The summed E-state index contributed by atoms with van der Waals surface area (Å²) in [6.07, 6.45) is -9.53. The number of fused-ring (bicyclic) bond motifs is 5. The number of hydrogen-bond acceptors (Lipinski definition) is 16. The van der Waals surface area contributed by atoms with Gasteiger partial charge in [-0.05, 0) is 63.5 Å². The van der Waals surface area contributed by atoms with E-state index in [9.17, 15) is 29.1 Å². The highest BCUT2D eigenvalue weighted by atomic mass is 16.6. The Morgan fingerprint density at radius 2 is 1.58 bits per heavy atom. The number of carbonyl (C=O) groups is 6. The van der Waals surface area contributed by atoms with Crippen molar-refractivity contribution in [3.63, 3.8) is 0 Å². The van der Waals surface area contributed by atoms with Crippen LogP contribution in [0.5, 0.6) is 0 Å². The van der Waals surface area contributed by atoms with E-state index in [1.807, 2.05) is 0 Å². The molecule has 6 rings (SSSR count). The van der Waals surface area contributed by atoms with Gasteiger partial charge in [0, 0.05) is 39.4 Å². The summed E-state index contributed by atoms with van der Waals surface area (Å²) < 4.78 is 48.4. The summed E-state index contributed by atoms with van der Waals surface area (Å²) in [7, 11) is 2.76. The van der Waals surface area contributed by atoms with Crippen molar-refractivity contribution in [1.82, 2.24) is 5.32 Å². The van der Waals surface area contributed by atoms with E-state index in [2.05, 4.69) is 5.32 Å². The van der Waals surface area contributed by atoms with Gasteiger partial charge < -0.3 is 54.1 Å². The molecule has 3 aliphatic carbocycles. The number of alkyl carbamates (subject to hydrolysis) is 1. The number of hydrogen-bond donors (Lipinski definition) is 3. The van der Waals surface area contributed by atoms with Gasteiger partial charge in [-0.15, -0.1) is 0 Å². The van der Waals surface area contributed by atoms with Crippen molar-refractivity contribution in [1.29, 1.82) is 0 Å². The van der Waals surface area contributed by atoms with Gasteiger partial charge in [0.2, 0.25) is 6.10 Å². The molecular weight excluding hydrogens is 833 g/mol. The average molecular weight is 893 g/mol. The maximum absolute atomic E-state index is 15.7. The van der Waals surface area contributed by atoms with Gasteiger partial charge in [0.25, 0.3) is 0 Å². The van der Waals surface area contributed by atoms with Crippen molar-refractivity contribution in [2.45, 2.75) is 128 Å². The highest BCUT2D eigenvalue weighted by molar-refractivity contribution is 5.94. The number of nitrogens with two attached hydrogens (primary N) is 1. The second-order valence-electron chi connectivity index (χ2n) is 18.7. The Bertz CT molecular complexity index is 2150. The third kappa shape index (κ3) is 8.43. The number of methoxy groups -OCH3 is 2. The second kappa shape index (κ2) is 18.0. The lowest BCUT2D eigenvalue weighted by Crippen LogP contribution is -2.82. The average Bonchev–Trinajstić information content (AvgIpc) is 3.23. The van der Waals surface area contributed by atoms with Gasteiger partial charge in [0.1, 0.15) is 41.7 Å². The molecule has 1 aliphatic heterocycles. The zero-order valence-electron chi connectivity index (χ0n) is 38.0. The normalized spacial score (nSPS) is 31.5. The zero-order valence-corrected chi connectivity index (χ0v) is 38.0. The first-order valence-corrected chi connectivity index (χ1v) is 21.3. The third-order valence-corrected chi connectivity index (χ3v) is 13.4. The van der Waals surface area contributed by atoms with Crippen LogP contribution in [0.25, 0.3) is 0 Å². The van der Waals surface area contributed by atoms with Gasteiger partial charge in [-0.1, -0.05) is 62.4 Å². The van der Waals surface area contributed by atoms with E-state index in [1.165, 1.54) is 33.3 Å². The van der Waals surface area contributed by atoms with Crippen LogP contribution in [0.2, 0.25) is 0 Å². The topological polar surface area (TPSA) is 235 Å². The van der Waals surface area contributed by atoms with E-state index in [0.29, 0.717) is 11.1 Å². The molecule has 3 fully saturated rings. The quantitative estimate of drug-likeness (QED) is 0.155. The SMILES string of the molecule is CO[C@H]1C(=O)[C@]2(C)[C@@H](OC)C[C@H]3OC[C@@]3(OC(C)=O)[C@H]2[C@@H](OC(=O)c2ccccc2)[C@]2(O)C[C@H](OC(=O)[C@H](OC(=O)CN)[C@@H](NC(=O)OC(C)(C)C)c3ccccc3)C(C)=C1C2(C)C. The van der Waals surface area contributed by atoms with E-state index >= 15 is 4.79 Å².